The molecule has 1 rings (SSSR count). The van der Waals surface area contributed by atoms with Crippen LogP contribution in [0.1, 0.15) is 33.6 Å². The van der Waals surface area contributed by atoms with Gasteiger partial charge < -0.3 is 10.2 Å². The summed E-state index contributed by atoms with van der Waals surface area (Å²) in [5, 5.41) is 3.45. The van der Waals surface area contributed by atoms with Crippen LogP contribution in [0, 0.1) is 5.41 Å². The first-order chi connectivity index (χ1) is 6.03. The highest BCUT2D eigenvalue weighted by molar-refractivity contribution is 4.84. The van der Waals surface area contributed by atoms with Crippen molar-refractivity contribution in [2.45, 2.75) is 39.7 Å². The van der Waals surface area contributed by atoms with Gasteiger partial charge in [0.15, 0.2) is 0 Å². The van der Waals surface area contributed by atoms with E-state index < -0.39 is 0 Å². The van der Waals surface area contributed by atoms with Gasteiger partial charge in [0.2, 0.25) is 0 Å². The average molecular weight is 184 g/mol. The molecule has 1 N–H and O–H groups in total. The predicted molar refractivity (Wildman–Crippen MR) is 58.0 cm³/mol. The smallest absolute Gasteiger partial charge is 0.00355 e. The Kier molecular flexibility index (Phi) is 3.74. The van der Waals surface area contributed by atoms with E-state index in [0.717, 1.165) is 0 Å². The van der Waals surface area contributed by atoms with E-state index in [2.05, 4.69) is 38.0 Å². The molecule has 2 nitrogen and oxygen atoms in total. The molecule has 0 amide bonds. The Hall–Kier alpha value is -0.0800. The van der Waals surface area contributed by atoms with Gasteiger partial charge in [-0.3, -0.25) is 0 Å². The highest BCUT2D eigenvalue weighted by Gasteiger charge is 2.28. The second-order valence-corrected chi connectivity index (χ2v) is 5.06. The molecule has 1 atom stereocenters. The van der Waals surface area contributed by atoms with Gasteiger partial charge in [-0.2, -0.15) is 0 Å². The van der Waals surface area contributed by atoms with Gasteiger partial charge in [0.05, 0.1) is 0 Å². The molecule has 1 unspecified atom stereocenters. The maximum absolute atomic E-state index is 3.45. The maximum atomic E-state index is 3.45. The van der Waals surface area contributed by atoms with E-state index in [0.29, 0.717) is 11.5 Å². The molecule has 0 aromatic heterocycles. The Morgan fingerprint density at radius 2 is 2.15 bits per heavy atom. The molecule has 0 bridgehead atoms. The summed E-state index contributed by atoms with van der Waals surface area (Å²) < 4.78 is 0. The van der Waals surface area contributed by atoms with Gasteiger partial charge in [-0.1, -0.05) is 6.92 Å². The van der Waals surface area contributed by atoms with Crippen molar-refractivity contribution in [1.82, 2.24) is 10.2 Å². The molecule has 78 valence electrons. The summed E-state index contributed by atoms with van der Waals surface area (Å²) in [7, 11) is 2.22. The Morgan fingerprint density at radius 3 is 2.62 bits per heavy atom. The average Bonchev–Trinajstić information content (AvgIpc) is 2.48. The van der Waals surface area contributed by atoms with Gasteiger partial charge in [0, 0.05) is 12.6 Å². The fourth-order valence-electron chi connectivity index (χ4n) is 1.79. The molecule has 0 radical (unpaired) electrons. The van der Waals surface area contributed by atoms with Crippen LogP contribution in [0.25, 0.3) is 0 Å². The molecule has 13 heavy (non-hydrogen) atoms. The first kappa shape index (κ1) is 11.0. The van der Waals surface area contributed by atoms with Crippen molar-refractivity contribution in [3.8, 4) is 0 Å². The van der Waals surface area contributed by atoms with Crippen molar-refractivity contribution in [3.05, 3.63) is 0 Å². The third kappa shape index (κ3) is 3.28. The summed E-state index contributed by atoms with van der Waals surface area (Å²) in [6.07, 6.45) is 2.67. The summed E-state index contributed by atoms with van der Waals surface area (Å²) >= 11 is 0. The summed E-state index contributed by atoms with van der Waals surface area (Å²) in [6.45, 7) is 10.6. The van der Waals surface area contributed by atoms with E-state index in [1.807, 2.05) is 0 Å². The van der Waals surface area contributed by atoms with Crippen molar-refractivity contribution < 1.29 is 0 Å². The van der Waals surface area contributed by atoms with Gasteiger partial charge in [0.25, 0.3) is 0 Å². The number of hydrogen-bond donors (Lipinski definition) is 1. The van der Waals surface area contributed by atoms with E-state index >= 15 is 0 Å². The number of nitrogens with zero attached hydrogens (tertiary/aromatic N) is 1. The molecular weight excluding hydrogens is 160 g/mol. The highest BCUT2D eigenvalue weighted by Crippen LogP contribution is 2.28. The van der Waals surface area contributed by atoms with Crippen LogP contribution in [-0.2, 0) is 0 Å². The van der Waals surface area contributed by atoms with Gasteiger partial charge in [-0.15, -0.1) is 0 Å². The minimum absolute atomic E-state index is 0.559. The standard InChI is InChI=1S/C11H24N2/c1-10(2)13(4)8-6-11(3)5-7-12-9-11/h10,12H,5-9H2,1-4H3. The van der Waals surface area contributed by atoms with Crippen LogP contribution in [0.3, 0.4) is 0 Å². The number of hydrogen-bond acceptors (Lipinski definition) is 2. The monoisotopic (exact) mass is 184 g/mol. The lowest BCUT2D eigenvalue weighted by molar-refractivity contribution is 0.216. The zero-order valence-electron chi connectivity index (χ0n) is 9.56. The first-order valence-corrected chi connectivity index (χ1v) is 5.44. The molecule has 1 fully saturated rings. The van der Waals surface area contributed by atoms with Crippen LogP contribution in [0.15, 0.2) is 0 Å². The second-order valence-electron chi connectivity index (χ2n) is 5.06. The number of rotatable bonds is 4. The first-order valence-electron chi connectivity index (χ1n) is 5.44. The van der Waals surface area contributed by atoms with Crippen LogP contribution in [0.4, 0.5) is 0 Å². The van der Waals surface area contributed by atoms with Crippen LogP contribution < -0.4 is 5.32 Å². The lowest BCUT2D eigenvalue weighted by Crippen LogP contribution is -2.32. The van der Waals surface area contributed by atoms with Crippen molar-refractivity contribution in [3.63, 3.8) is 0 Å². The molecule has 0 aliphatic carbocycles. The maximum Gasteiger partial charge on any atom is 0.00355 e. The quantitative estimate of drug-likeness (QED) is 0.715. The molecule has 1 aliphatic heterocycles. The van der Waals surface area contributed by atoms with Crippen LogP contribution in [0.5, 0.6) is 0 Å². The van der Waals surface area contributed by atoms with E-state index in [4.69, 9.17) is 0 Å². The molecule has 2 heteroatoms. The Balaban J connectivity index is 2.24. The third-order valence-electron chi connectivity index (χ3n) is 3.41. The fourth-order valence-corrected chi connectivity index (χ4v) is 1.79. The summed E-state index contributed by atoms with van der Waals surface area (Å²) in [4.78, 5) is 2.43. The van der Waals surface area contributed by atoms with Gasteiger partial charge >= 0.3 is 0 Å². The second kappa shape index (κ2) is 4.43. The zero-order chi connectivity index (χ0) is 9.90. The highest BCUT2D eigenvalue weighted by atomic mass is 15.1. The summed E-state index contributed by atoms with van der Waals surface area (Å²) in [5.41, 5.74) is 0.559. The van der Waals surface area contributed by atoms with Crippen molar-refractivity contribution in [2.75, 3.05) is 26.7 Å². The van der Waals surface area contributed by atoms with Gasteiger partial charge in [-0.25, -0.2) is 0 Å². The molecule has 1 saturated heterocycles. The van der Waals surface area contributed by atoms with Crippen molar-refractivity contribution in [2.24, 2.45) is 5.41 Å². The molecule has 1 aliphatic rings. The van der Waals surface area contributed by atoms with E-state index in [1.54, 1.807) is 0 Å². The number of nitrogens with one attached hydrogen (secondary N) is 1. The molecule has 0 aromatic rings. The van der Waals surface area contributed by atoms with Crippen LogP contribution in [-0.4, -0.2) is 37.6 Å². The largest absolute Gasteiger partial charge is 0.316 e. The van der Waals surface area contributed by atoms with Crippen molar-refractivity contribution >= 4 is 0 Å². The Labute approximate surface area is 82.7 Å². The molecule has 1 heterocycles. The topological polar surface area (TPSA) is 15.3 Å². The predicted octanol–water partition coefficient (Wildman–Crippen LogP) is 1.72. The summed E-state index contributed by atoms with van der Waals surface area (Å²) in [5.74, 6) is 0. The molecule has 0 aromatic carbocycles. The zero-order valence-corrected chi connectivity index (χ0v) is 9.56. The molecular formula is C11H24N2. The normalized spacial score (nSPS) is 29.1. The van der Waals surface area contributed by atoms with Crippen LogP contribution in [0.2, 0.25) is 0 Å². The lowest BCUT2D eigenvalue weighted by atomic mass is 9.86. The van der Waals surface area contributed by atoms with Gasteiger partial charge in [0.1, 0.15) is 0 Å². The summed E-state index contributed by atoms with van der Waals surface area (Å²) in [6, 6.07) is 0.679. The fraction of sp³-hybridized carbons (Fsp3) is 1.00. The molecule has 0 saturated carbocycles. The minimum Gasteiger partial charge on any atom is -0.316 e. The SMILES string of the molecule is CC(C)N(C)CCC1(C)CCNC1. The van der Waals surface area contributed by atoms with Crippen molar-refractivity contribution in [1.29, 1.82) is 0 Å². The van der Waals surface area contributed by atoms with E-state index in [1.165, 1.54) is 32.5 Å². The van der Waals surface area contributed by atoms with Crippen LogP contribution >= 0.6 is 0 Å². The van der Waals surface area contributed by atoms with E-state index in [-0.39, 0.29) is 0 Å². The Bertz CT molecular complexity index is 148. The lowest BCUT2D eigenvalue weighted by Gasteiger charge is -2.28. The third-order valence-corrected chi connectivity index (χ3v) is 3.41. The molecule has 0 spiro atoms. The van der Waals surface area contributed by atoms with Gasteiger partial charge in [-0.05, 0) is 52.2 Å². The van der Waals surface area contributed by atoms with E-state index in [9.17, 15) is 0 Å². The Morgan fingerprint density at radius 1 is 1.46 bits per heavy atom. The minimum atomic E-state index is 0.559.